The van der Waals surface area contributed by atoms with Gasteiger partial charge in [0.1, 0.15) is 11.2 Å². The fraction of sp³-hybridized carbons (Fsp3) is 0. The minimum atomic E-state index is 0.870. The summed E-state index contributed by atoms with van der Waals surface area (Å²) in [4.78, 5) is 2.37. The molecule has 0 aliphatic rings. The molecular weight excluding hydrogens is 703 g/mol. The quantitative estimate of drug-likeness (QED) is 0.164. The van der Waals surface area contributed by atoms with E-state index < -0.39 is 0 Å². The number of benzene rings is 11. The summed E-state index contributed by atoms with van der Waals surface area (Å²) in [6.07, 6.45) is 0. The van der Waals surface area contributed by atoms with Crippen molar-refractivity contribution in [3.63, 3.8) is 0 Å². The molecule has 58 heavy (non-hydrogen) atoms. The van der Waals surface area contributed by atoms with Crippen LogP contribution in [0.2, 0.25) is 0 Å². The van der Waals surface area contributed by atoms with E-state index in [9.17, 15) is 0 Å². The van der Waals surface area contributed by atoms with Crippen molar-refractivity contribution >= 4 is 92.9 Å². The van der Waals surface area contributed by atoms with Crippen LogP contribution in [0.25, 0.3) is 98.1 Å². The second kappa shape index (κ2) is 12.9. The van der Waals surface area contributed by atoms with E-state index in [0.29, 0.717) is 0 Å². The number of nitrogens with zero attached hydrogens (tertiary/aromatic N) is 1. The summed E-state index contributed by atoms with van der Waals surface area (Å²) in [5.74, 6) is 0. The zero-order valence-corrected chi connectivity index (χ0v) is 31.6. The van der Waals surface area contributed by atoms with Gasteiger partial charge in [0.05, 0.1) is 11.1 Å². The van der Waals surface area contributed by atoms with Crippen LogP contribution in [0, 0.1) is 0 Å². The highest BCUT2D eigenvalue weighted by Crippen LogP contribution is 2.45. The van der Waals surface area contributed by atoms with E-state index in [0.717, 1.165) is 44.4 Å². The molecule has 0 fully saturated rings. The molecule has 0 aliphatic carbocycles. The first-order valence-corrected chi connectivity index (χ1v) is 19.9. The Hall–Kier alpha value is -7.68. The number of hydrogen-bond donors (Lipinski definition) is 0. The zero-order chi connectivity index (χ0) is 38.2. The maximum Gasteiger partial charge on any atom is 0.143 e. The molecule has 0 saturated heterocycles. The molecule has 2 nitrogen and oxygen atoms in total. The molecule has 11 aromatic carbocycles. The van der Waals surface area contributed by atoms with Crippen LogP contribution < -0.4 is 4.90 Å². The third kappa shape index (κ3) is 5.19. The molecule has 0 aliphatic heterocycles. The zero-order valence-electron chi connectivity index (χ0n) is 31.6. The van der Waals surface area contributed by atoms with E-state index in [4.69, 9.17) is 4.42 Å². The predicted octanol–water partition coefficient (Wildman–Crippen LogP) is 16.2. The highest BCUT2D eigenvalue weighted by atomic mass is 16.3. The molecule has 0 bridgehead atoms. The number of rotatable bonds is 5. The van der Waals surface area contributed by atoms with E-state index in [1.54, 1.807) is 0 Å². The Morgan fingerprint density at radius 2 is 0.724 bits per heavy atom. The summed E-state index contributed by atoms with van der Waals surface area (Å²) >= 11 is 0. The van der Waals surface area contributed by atoms with Crippen molar-refractivity contribution in [2.75, 3.05) is 4.90 Å². The van der Waals surface area contributed by atoms with Crippen molar-refractivity contribution in [3.8, 4) is 22.3 Å². The van der Waals surface area contributed by atoms with Crippen molar-refractivity contribution in [3.05, 3.63) is 212 Å². The van der Waals surface area contributed by atoms with Gasteiger partial charge in [-0.05, 0) is 125 Å². The lowest BCUT2D eigenvalue weighted by molar-refractivity contribution is 0.672. The van der Waals surface area contributed by atoms with Crippen LogP contribution in [-0.4, -0.2) is 0 Å². The summed E-state index contributed by atoms with van der Waals surface area (Å²) in [6, 6.07) is 77.1. The summed E-state index contributed by atoms with van der Waals surface area (Å²) in [6.45, 7) is 0. The lowest BCUT2D eigenvalue weighted by Gasteiger charge is -2.26. The van der Waals surface area contributed by atoms with Crippen LogP contribution in [0.5, 0.6) is 0 Å². The van der Waals surface area contributed by atoms with E-state index >= 15 is 0 Å². The van der Waals surface area contributed by atoms with Crippen LogP contribution >= 0.6 is 0 Å². The van der Waals surface area contributed by atoms with Gasteiger partial charge in [0.2, 0.25) is 0 Å². The molecule has 1 heterocycles. The van der Waals surface area contributed by atoms with Crippen LogP contribution in [0.15, 0.2) is 217 Å². The smallest absolute Gasteiger partial charge is 0.143 e. The van der Waals surface area contributed by atoms with Crippen LogP contribution in [0.3, 0.4) is 0 Å². The Labute approximate surface area is 335 Å². The second-order valence-corrected chi connectivity index (χ2v) is 15.3. The standard InChI is InChI=1S/C56H35NO/c1-4-11-47-38(8-1)16-18-43-34-41(25-31-49(43)47)36-20-27-45(28-21-36)57(53-14-7-15-54-55(53)52-33-24-40-10-3-6-13-51(40)56(52)58-54)46-29-22-37(23-30-46)42-26-32-50-44(35-42)19-17-39-9-2-5-12-48(39)50/h1-35H. The van der Waals surface area contributed by atoms with E-state index in [2.05, 4.69) is 217 Å². The maximum absolute atomic E-state index is 6.68. The average molecular weight is 738 g/mol. The first-order valence-electron chi connectivity index (χ1n) is 19.9. The molecule has 2 heteroatoms. The molecule has 270 valence electrons. The number of anilines is 3. The largest absolute Gasteiger partial charge is 0.455 e. The predicted molar refractivity (Wildman–Crippen MR) is 247 cm³/mol. The second-order valence-electron chi connectivity index (χ2n) is 15.3. The third-order valence-electron chi connectivity index (χ3n) is 12.0. The minimum absolute atomic E-state index is 0.870. The Morgan fingerprint density at radius 1 is 0.293 bits per heavy atom. The van der Waals surface area contributed by atoms with E-state index in [1.165, 1.54) is 70.7 Å². The van der Waals surface area contributed by atoms with Gasteiger partial charge in [0.25, 0.3) is 0 Å². The Balaban J connectivity index is 0.986. The third-order valence-corrected chi connectivity index (χ3v) is 12.0. The molecule has 0 unspecified atom stereocenters. The highest BCUT2D eigenvalue weighted by Gasteiger charge is 2.21. The fourth-order valence-corrected chi connectivity index (χ4v) is 9.14. The van der Waals surface area contributed by atoms with Gasteiger partial charge in [-0.3, -0.25) is 0 Å². The molecule has 1 aromatic heterocycles. The van der Waals surface area contributed by atoms with Crippen molar-refractivity contribution in [2.24, 2.45) is 0 Å². The van der Waals surface area contributed by atoms with Crippen molar-refractivity contribution < 1.29 is 4.42 Å². The SMILES string of the molecule is c1ccc2c(c1)ccc1cc(-c3ccc(N(c4ccc(-c5ccc6c(ccc7ccccc76)c5)cc4)c4cccc5oc6c7ccccc7ccc6c45)cc3)ccc12. The van der Waals surface area contributed by atoms with Crippen LogP contribution in [0.1, 0.15) is 0 Å². The van der Waals surface area contributed by atoms with Gasteiger partial charge >= 0.3 is 0 Å². The van der Waals surface area contributed by atoms with Gasteiger partial charge in [0, 0.05) is 22.1 Å². The lowest BCUT2D eigenvalue weighted by Crippen LogP contribution is -2.10. The van der Waals surface area contributed by atoms with Gasteiger partial charge in [-0.25, -0.2) is 0 Å². The first-order chi connectivity index (χ1) is 28.7. The fourth-order valence-electron chi connectivity index (χ4n) is 9.14. The van der Waals surface area contributed by atoms with E-state index in [1.807, 2.05) is 0 Å². The van der Waals surface area contributed by atoms with Gasteiger partial charge < -0.3 is 9.32 Å². The number of furan rings is 1. The van der Waals surface area contributed by atoms with Crippen molar-refractivity contribution in [1.29, 1.82) is 0 Å². The molecule has 0 spiro atoms. The molecule has 0 radical (unpaired) electrons. The van der Waals surface area contributed by atoms with Gasteiger partial charge in [0.15, 0.2) is 0 Å². The van der Waals surface area contributed by atoms with E-state index in [-0.39, 0.29) is 0 Å². The first kappa shape index (κ1) is 32.6. The molecule has 0 saturated carbocycles. The summed E-state index contributed by atoms with van der Waals surface area (Å²) in [5, 5.41) is 14.6. The average Bonchev–Trinajstić information content (AvgIpc) is 3.69. The van der Waals surface area contributed by atoms with Crippen molar-refractivity contribution in [1.82, 2.24) is 0 Å². The maximum atomic E-state index is 6.68. The van der Waals surface area contributed by atoms with Crippen molar-refractivity contribution in [2.45, 2.75) is 0 Å². The molecule has 0 amide bonds. The van der Waals surface area contributed by atoms with Gasteiger partial charge in [-0.15, -0.1) is 0 Å². The van der Waals surface area contributed by atoms with Crippen LogP contribution in [0.4, 0.5) is 17.1 Å². The number of fused-ring (bicyclic) bond motifs is 11. The Bertz CT molecular complexity index is 3400. The Morgan fingerprint density at radius 3 is 1.29 bits per heavy atom. The molecular formula is C56H35NO. The highest BCUT2D eigenvalue weighted by molar-refractivity contribution is 6.19. The lowest BCUT2D eigenvalue weighted by atomic mass is 9.97. The topological polar surface area (TPSA) is 16.4 Å². The monoisotopic (exact) mass is 737 g/mol. The van der Waals surface area contributed by atoms with Crippen LogP contribution in [-0.2, 0) is 0 Å². The minimum Gasteiger partial charge on any atom is -0.455 e. The molecule has 12 rings (SSSR count). The van der Waals surface area contributed by atoms with Gasteiger partial charge in [-0.2, -0.15) is 0 Å². The summed E-state index contributed by atoms with van der Waals surface area (Å²) in [5.41, 5.74) is 9.75. The summed E-state index contributed by atoms with van der Waals surface area (Å²) in [7, 11) is 0. The molecule has 0 N–H and O–H groups in total. The Kier molecular flexibility index (Phi) is 7.26. The normalized spacial score (nSPS) is 11.8. The number of hydrogen-bond acceptors (Lipinski definition) is 2. The van der Waals surface area contributed by atoms with Gasteiger partial charge in [-0.1, -0.05) is 158 Å². The summed E-state index contributed by atoms with van der Waals surface area (Å²) < 4.78 is 6.68. The molecule has 0 atom stereocenters. The molecule has 12 aromatic rings.